The van der Waals surface area contributed by atoms with Crippen molar-refractivity contribution in [1.82, 2.24) is 5.32 Å². The predicted molar refractivity (Wildman–Crippen MR) is 57.9 cm³/mol. The van der Waals surface area contributed by atoms with Crippen molar-refractivity contribution in [2.75, 3.05) is 20.3 Å². The van der Waals surface area contributed by atoms with Crippen molar-refractivity contribution in [2.45, 2.75) is 4.90 Å². The number of methoxy groups -OCH3 is 1. The normalized spacial score (nSPS) is 10.1. The summed E-state index contributed by atoms with van der Waals surface area (Å²) in [7, 11) is 1.55. The summed E-state index contributed by atoms with van der Waals surface area (Å²) in [6.07, 6.45) is 0. The number of carbonyl (C=O) groups excluding carboxylic acids is 1. The Balaban J connectivity index is 2.62. The number of amides is 1. The Kier molecular flexibility index (Phi) is 4.58. The third-order valence-electron chi connectivity index (χ3n) is 1.80. The lowest BCUT2D eigenvalue weighted by molar-refractivity contribution is 0.0937. The molecule has 0 spiro atoms. The van der Waals surface area contributed by atoms with Crippen LogP contribution in [0.1, 0.15) is 10.4 Å². The highest BCUT2D eigenvalue weighted by molar-refractivity contribution is 7.80. The van der Waals surface area contributed by atoms with Crippen molar-refractivity contribution >= 4 is 18.5 Å². The lowest BCUT2D eigenvalue weighted by Gasteiger charge is -2.05. The van der Waals surface area contributed by atoms with Crippen molar-refractivity contribution in [2.24, 2.45) is 0 Å². The van der Waals surface area contributed by atoms with Gasteiger partial charge in [0.2, 0.25) is 0 Å². The number of thiol groups is 1. The maximum absolute atomic E-state index is 12.8. The topological polar surface area (TPSA) is 38.3 Å². The zero-order valence-corrected chi connectivity index (χ0v) is 9.18. The third kappa shape index (κ3) is 3.53. The molecule has 0 bridgehead atoms. The van der Waals surface area contributed by atoms with E-state index in [1.54, 1.807) is 7.11 Å². The third-order valence-corrected chi connectivity index (χ3v) is 2.14. The van der Waals surface area contributed by atoms with E-state index in [0.29, 0.717) is 18.7 Å². The second-order valence-electron chi connectivity index (χ2n) is 2.91. The van der Waals surface area contributed by atoms with Gasteiger partial charge in [0.05, 0.1) is 6.61 Å². The first kappa shape index (κ1) is 12.0. The van der Waals surface area contributed by atoms with Crippen molar-refractivity contribution in [3.05, 3.63) is 29.6 Å². The van der Waals surface area contributed by atoms with Crippen molar-refractivity contribution in [3.63, 3.8) is 0 Å². The molecule has 3 nitrogen and oxygen atoms in total. The molecule has 0 saturated carbocycles. The van der Waals surface area contributed by atoms with Gasteiger partial charge in [-0.05, 0) is 18.2 Å². The summed E-state index contributed by atoms with van der Waals surface area (Å²) in [5.74, 6) is -0.700. The number of ether oxygens (including phenoxy) is 1. The van der Waals surface area contributed by atoms with E-state index in [9.17, 15) is 9.18 Å². The summed E-state index contributed by atoms with van der Waals surface area (Å²) in [6, 6.07) is 4.02. The Hall–Kier alpha value is -1.07. The molecule has 0 fully saturated rings. The molecule has 0 saturated heterocycles. The lowest BCUT2D eigenvalue weighted by Crippen LogP contribution is -2.26. The van der Waals surface area contributed by atoms with E-state index < -0.39 is 5.82 Å². The fourth-order valence-electron chi connectivity index (χ4n) is 1.02. The molecule has 1 aromatic rings. The van der Waals surface area contributed by atoms with Crippen LogP contribution in [0.3, 0.4) is 0 Å². The van der Waals surface area contributed by atoms with E-state index in [2.05, 4.69) is 17.9 Å². The number of benzene rings is 1. The lowest BCUT2D eigenvalue weighted by atomic mass is 10.2. The van der Waals surface area contributed by atoms with Crippen LogP contribution in [0.5, 0.6) is 0 Å². The van der Waals surface area contributed by atoms with Crippen LogP contribution >= 0.6 is 12.6 Å². The van der Waals surface area contributed by atoms with Gasteiger partial charge in [0.25, 0.3) is 5.91 Å². The fourth-order valence-corrected chi connectivity index (χ4v) is 1.24. The summed E-state index contributed by atoms with van der Waals surface area (Å²) in [5.41, 5.74) is 0.387. The monoisotopic (exact) mass is 229 g/mol. The van der Waals surface area contributed by atoms with Gasteiger partial charge in [-0.15, -0.1) is 12.6 Å². The van der Waals surface area contributed by atoms with Crippen molar-refractivity contribution in [3.8, 4) is 0 Å². The Labute approximate surface area is 93.0 Å². The van der Waals surface area contributed by atoms with E-state index in [4.69, 9.17) is 4.74 Å². The summed E-state index contributed by atoms with van der Waals surface area (Å²) in [4.78, 5) is 11.6. The highest BCUT2D eigenvalue weighted by atomic mass is 32.1. The highest BCUT2D eigenvalue weighted by Crippen LogP contribution is 2.13. The minimum atomic E-state index is -0.438. The van der Waals surface area contributed by atoms with E-state index in [0.717, 1.165) is 0 Å². The molecular formula is C10H12FNO2S. The highest BCUT2D eigenvalue weighted by Gasteiger charge is 2.06. The smallest absolute Gasteiger partial charge is 0.251 e. The molecule has 82 valence electrons. The van der Waals surface area contributed by atoms with E-state index in [1.165, 1.54) is 18.2 Å². The molecule has 0 aliphatic rings. The van der Waals surface area contributed by atoms with E-state index in [1.807, 2.05) is 0 Å². The van der Waals surface area contributed by atoms with Crippen LogP contribution in [0.4, 0.5) is 4.39 Å². The molecule has 0 aliphatic heterocycles. The molecule has 1 amide bonds. The largest absolute Gasteiger partial charge is 0.383 e. The zero-order chi connectivity index (χ0) is 11.3. The number of carbonyl (C=O) groups is 1. The number of hydrogen-bond acceptors (Lipinski definition) is 3. The molecule has 0 unspecified atom stereocenters. The van der Waals surface area contributed by atoms with Crippen molar-refractivity contribution < 1.29 is 13.9 Å². The molecule has 15 heavy (non-hydrogen) atoms. The standard InChI is InChI=1S/C10H12FNO2S/c1-14-5-4-12-10(13)7-2-3-8(11)9(15)6-7/h2-3,6,15H,4-5H2,1H3,(H,12,13). The van der Waals surface area contributed by atoms with Crippen LogP contribution < -0.4 is 5.32 Å². The van der Waals surface area contributed by atoms with Gasteiger partial charge in [-0.3, -0.25) is 4.79 Å². The van der Waals surface area contributed by atoms with E-state index in [-0.39, 0.29) is 10.8 Å². The van der Waals surface area contributed by atoms with Gasteiger partial charge in [-0.2, -0.15) is 0 Å². The molecule has 0 heterocycles. The first-order valence-electron chi connectivity index (χ1n) is 4.41. The maximum atomic E-state index is 12.8. The average molecular weight is 229 g/mol. The first-order valence-corrected chi connectivity index (χ1v) is 4.85. The molecular weight excluding hydrogens is 217 g/mol. The zero-order valence-electron chi connectivity index (χ0n) is 8.29. The van der Waals surface area contributed by atoms with Crippen molar-refractivity contribution in [1.29, 1.82) is 0 Å². The second-order valence-corrected chi connectivity index (χ2v) is 3.40. The average Bonchev–Trinajstić information content (AvgIpc) is 2.22. The molecule has 0 atom stereocenters. The SMILES string of the molecule is COCCNC(=O)c1ccc(F)c(S)c1. The Morgan fingerprint density at radius 3 is 2.93 bits per heavy atom. The molecule has 5 heteroatoms. The van der Waals surface area contributed by atoms with Gasteiger partial charge in [0.15, 0.2) is 0 Å². The molecule has 0 radical (unpaired) electrons. The minimum Gasteiger partial charge on any atom is -0.383 e. The molecule has 1 N–H and O–H groups in total. The number of halogens is 1. The summed E-state index contributed by atoms with van der Waals surface area (Å²) in [5, 5.41) is 2.63. The second kappa shape index (κ2) is 5.72. The number of nitrogens with one attached hydrogen (secondary N) is 1. The Morgan fingerprint density at radius 2 is 2.33 bits per heavy atom. The van der Waals surface area contributed by atoms with Crippen LogP contribution in [-0.2, 0) is 4.74 Å². The van der Waals surface area contributed by atoms with Gasteiger partial charge in [-0.1, -0.05) is 0 Å². The van der Waals surface area contributed by atoms with Gasteiger partial charge in [-0.25, -0.2) is 4.39 Å². The first-order chi connectivity index (χ1) is 7.15. The van der Waals surface area contributed by atoms with Crippen LogP contribution in [0.25, 0.3) is 0 Å². The number of hydrogen-bond donors (Lipinski definition) is 2. The quantitative estimate of drug-likeness (QED) is 0.606. The maximum Gasteiger partial charge on any atom is 0.251 e. The molecule has 0 aromatic heterocycles. The molecule has 1 aromatic carbocycles. The van der Waals surface area contributed by atoms with Crippen LogP contribution in [0.15, 0.2) is 23.1 Å². The summed E-state index contributed by atoms with van der Waals surface area (Å²) in [6.45, 7) is 0.870. The van der Waals surface area contributed by atoms with Gasteiger partial charge >= 0.3 is 0 Å². The predicted octanol–water partition coefficient (Wildman–Crippen LogP) is 1.49. The van der Waals surface area contributed by atoms with E-state index >= 15 is 0 Å². The Morgan fingerprint density at radius 1 is 1.60 bits per heavy atom. The summed E-state index contributed by atoms with van der Waals surface area (Å²) >= 11 is 3.89. The van der Waals surface area contributed by atoms with Crippen LogP contribution in [0.2, 0.25) is 0 Å². The van der Waals surface area contributed by atoms with Gasteiger partial charge in [0.1, 0.15) is 5.82 Å². The van der Waals surface area contributed by atoms with Crippen LogP contribution in [0, 0.1) is 5.82 Å². The molecule has 1 rings (SSSR count). The summed E-state index contributed by atoms with van der Waals surface area (Å²) < 4.78 is 17.6. The number of rotatable bonds is 4. The Bertz CT molecular complexity index is 357. The fraction of sp³-hybridized carbons (Fsp3) is 0.300. The van der Waals surface area contributed by atoms with Gasteiger partial charge < -0.3 is 10.1 Å². The minimum absolute atomic E-state index is 0.161. The van der Waals surface area contributed by atoms with Crippen LogP contribution in [-0.4, -0.2) is 26.2 Å². The molecule has 0 aliphatic carbocycles. The van der Waals surface area contributed by atoms with Gasteiger partial charge in [0, 0.05) is 24.1 Å².